The van der Waals surface area contributed by atoms with Crippen molar-refractivity contribution in [2.24, 2.45) is 4.40 Å². The van der Waals surface area contributed by atoms with Crippen molar-refractivity contribution in [2.75, 3.05) is 0 Å². The predicted octanol–water partition coefficient (Wildman–Crippen LogP) is 4.46. The predicted molar refractivity (Wildman–Crippen MR) is 101 cm³/mol. The van der Waals surface area contributed by atoms with Crippen molar-refractivity contribution >= 4 is 54.5 Å². The minimum Gasteiger partial charge on any atom is -0.312 e. The summed E-state index contributed by atoms with van der Waals surface area (Å²) in [7, 11) is -3.78. The molecule has 0 fully saturated rings. The SMILES string of the molecule is C=CCn1/c(=N/S(=O)(=O)c2ccc(Cl)s2)sc2cc(CC)ccc21. The third-order valence-corrected chi connectivity index (χ3v) is 7.59. The Morgan fingerprint density at radius 3 is 2.71 bits per heavy atom. The molecule has 2 heterocycles. The maximum Gasteiger partial charge on any atom is 0.294 e. The molecule has 0 N–H and O–H groups in total. The molecule has 0 bridgehead atoms. The smallest absolute Gasteiger partial charge is 0.294 e. The summed E-state index contributed by atoms with van der Waals surface area (Å²) >= 11 is 8.21. The standard InChI is InChI=1S/C16H15ClN2O2S3/c1-3-9-19-12-6-5-11(4-2)10-13(12)22-16(19)18-24(20,21)15-8-7-14(17)23-15/h3,5-8,10H,1,4,9H2,2H3/b18-16-. The molecule has 0 aliphatic rings. The lowest BCUT2D eigenvalue weighted by Crippen LogP contribution is -2.16. The van der Waals surface area contributed by atoms with E-state index < -0.39 is 10.0 Å². The fraction of sp³-hybridized carbons (Fsp3) is 0.188. The van der Waals surface area contributed by atoms with Gasteiger partial charge in [-0.15, -0.1) is 22.3 Å². The Labute approximate surface area is 153 Å². The number of aromatic nitrogens is 1. The summed E-state index contributed by atoms with van der Waals surface area (Å²) < 4.78 is 32.5. The summed E-state index contributed by atoms with van der Waals surface area (Å²) in [4.78, 5) is 0.433. The molecule has 0 saturated heterocycles. The van der Waals surface area contributed by atoms with E-state index in [-0.39, 0.29) is 4.21 Å². The molecule has 3 aromatic rings. The number of thiophene rings is 1. The van der Waals surface area contributed by atoms with Crippen LogP contribution in [0, 0.1) is 0 Å². The largest absolute Gasteiger partial charge is 0.312 e. The molecule has 1 aromatic carbocycles. The van der Waals surface area contributed by atoms with Crippen LogP contribution < -0.4 is 4.80 Å². The van der Waals surface area contributed by atoms with Gasteiger partial charge in [-0.25, -0.2) is 0 Å². The first-order chi connectivity index (χ1) is 11.4. The third kappa shape index (κ3) is 3.35. The molecule has 0 radical (unpaired) electrons. The molecule has 0 spiro atoms. The Morgan fingerprint density at radius 1 is 1.29 bits per heavy atom. The molecule has 0 aliphatic carbocycles. The van der Waals surface area contributed by atoms with Gasteiger partial charge >= 0.3 is 0 Å². The molecule has 4 nitrogen and oxygen atoms in total. The summed E-state index contributed by atoms with van der Waals surface area (Å²) in [5.74, 6) is 0. The van der Waals surface area contributed by atoms with E-state index in [4.69, 9.17) is 11.6 Å². The van der Waals surface area contributed by atoms with Gasteiger partial charge in [0.1, 0.15) is 4.21 Å². The minimum absolute atomic E-state index is 0.143. The number of fused-ring (bicyclic) bond motifs is 1. The molecule has 0 aliphatic heterocycles. The van der Waals surface area contributed by atoms with Gasteiger partial charge in [0.2, 0.25) is 4.80 Å². The quantitative estimate of drug-likeness (QED) is 0.596. The highest BCUT2D eigenvalue weighted by Crippen LogP contribution is 2.27. The van der Waals surface area contributed by atoms with Crippen LogP contribution in [0.15, 0.2) is 51.6 Å². The topological polar surface area (TPSA) is 51.4 Å². The van der Waals surface area contributed by atoms with Gasteiger partial charge in [0.05, 0.1) is 14.6 Å². The fourth-order valence-electron chi connectivity index (χ4n) is 2.30. The molecule has 126 valence electrons. The van der Waals surface area contributed by atoms with Crippen LogP contribution in [0.1, 0.15) is 12.5 Å². The van der Waals surface area contributed by atoms with E-state index in [1.54, 1.807) is 12.1 Å². The molecule has 0 amide bonds. The second kappa shape index (κ2) is 6.84. The molecule has 0 saturated carbocycles. The summed E-state index contributed by atoms with van der Waals surface area (Å²) in [5.41, 5.74) is 2.16. The van der Waals surface area contributed by atoms with Crippen molar-refractivity contribution in [3.8, 4) is 0 Å². The van der Waals surface area contributed by atoms with Gasteiger partial charge in [-0.1, -0.05) is 42.0 Å². The average molecular weight is 399 g/mol. The number of thiazole rings is 1. The molecular weight excluding hydrogens is 384 g/mol. The van der Waals surface area contributed by atoms with E-state index in [0.29, 0.717) is 15.7 Å². The van der Waals surface area contributed by atoms with E-state index in [9.17, 15) is 8.42 Å². The van der Waals surface area contributed by atoms with Crippen molar-refractivity contribution in [3.05, 3.63) is 57.7 Å². The van der Waals surface area contributed by atoms with E-state index in [1.165, 1.54) is 23.0 Å². The number of rotatable bonds is 5. The van der Waals surface area contributed by atoms with Crippen LogP contribution in [-0.4, -0.2) is 13.0 Å². The normalized spacial score (nSPS) is 12.8. The van der Waals surface area contributed by atoms with Crippen molar-refractivity contribution in [2.45, 2.75) is 24.1 Å². The van der Waals surface area contributed by atoms with Gasteiger partial charge in [0.15, 0.2) is 0 Å². The van der Waals surface area contributed by atoms with Gasteiger partial charge in [0, 0.05) is 6.54 Å². The zero-order valence-corrected chi connectivity index (χ0v) is 16.1. The number of halogens is 1. The summed E-state index contributed by atoms with van der Waals surface area (Å²) in [6, 6.07) is 9.16. The van der Waals surface area contributed by atoms with Gasteiger partial charge < -0.3 is 4.57 Å². The lowest BCUT2D eigenvalue weighted by molar-refractivity contribution is 0.598. The maximum atomic E-state index is 12.5. The zero-order chi connectivity index (χ0) is 17.3. The van der Waals surface area contributed by atoms with E-state index in [1.807, 2.05) is 16.7 Å². The van der Waals surface area contributed by atoms with Crippen LogP contribution >= 0.6 is 34.3 Å². The number of nitrogens with zero attached hydrogens (tertiary/aromatic N) is 2. The second-order valence-corrected chi connectivity index (χ2v) is 9.62. The first-order valence-electron chi connectivity index (χ1n) is 7.24. The van der Waals surface area contributed by atoms with Gasteiger partial charge in [0.25, 0.3) is 10.0 Å². The highest BCUT2D eigenvalue weighted by Gasteiger charge is 2.17. The Morgan fingerprint density at radius 2 is 2.08 bits per heavy atom. The number of hydrogen-bond acceptors (Lipinski definition) is 4. The van der Waals surface area contributed by atoms with E-state index in [2.05, 4.69) is 24.0 Å². The Bertz CT molecular complexity index is 1070. The van der Waals surface area contributed by atoms with Crippen molar-refractivity contribution in [1.29, 1.82) is 0 Å². The number of hydrogen-bond donors (Lipinski definition) is 0. The van der Waals surface area contributed by atoms with Gasteiger partial charge in [-0.2, -0.15) is 8.42 Å². The van der Waals surface area contributed by atoms with Crippen molar-refractivity contribution in [3.63, 3.8) is 0 Å². The first-order valence-corrected chi connectivity index (χ1v) is 10.7. The van der Waals surface area contributed by atoms with Crippen LogP contribution in [0.4, 0.5) is 0 Å². The molecule has 8 heteroatoms. The van der Waals surface area contributed by atoms with Gasteiger partial charge in [-0.3, -0.25) is 0 Å². The zero-order valence-electron chi connectivity index (χ0n) is 12.9. The number of allylic oxidation sites excluding steroid dienone is 1. The van der Waals surface area contributed by atoms with Crippen LogP contribution in [0.2, 0.25) is 4.34 Å². The van der Waals surface area contributed by atoms with Crippen LogP contribution in [0.3, 0.4) is 0 Å². The Kier molecular flexibility index (Phi) is 4.96. The van der Waals surface area contributed by atoms with Crippen LogP contribution in [0.5, 0.6) is 0 Å². The van der Waals surface area contributed by atoms with Crippen molar-refractivity contribution in [1.82, 2.24) is 4.57 Å². The monoisotopic (exact) mass is 398 g/mol. The summed E-state index contributed by atoms with van der Waals surface area (Å²) in [6.07, 6.45) is 2.65. The second-order valence-electron chi connectivity index (χ2n) is 5.06. The number of sulfonamides is 1. The lowest BCUT2D eigenvalue weighted by Gasteiger charge is -2.02. The highest BCUT2D eigenvalue weighted by molar-refractivity contribution is 7.92. The molecule has 2 aromatic heterocycles. The van der Waals surface area contributed by atoms with E-state index in [0.717, 1.165) is 28.0 Å². The fourth-order valence-corrected chi connectivity index (χ4v) is 6.06. The minimum atomic E-state index is -3.78. The molecule has 0 unspecified atom stereocenters. The maximum absolute atomic E-state index is 12.5. The summed E-state index contributed by atoms with van der Waals surface area (Å²) in [6.45, 7) is 6.33. The lowest BCUT2D eigenvalue weighted by atomic mass is 10.2. The van der Waals surface area contributed by atoms with E-state index >= 15 is 0 Å². The Hall–Kier alpha value is -1.41. The highest BCUT2D eigenvalue weighted by atomic mass is 35.5. The summed E-state index contributed by atoms with van der Waals surface area (Å²) in [5, 5.41) is 0. The van der Waals surface area contributed by atoms with Crippen LogP contribution in [-0.2, 0) is 23.0 Å². The number of aryl methyl sites for hydroxylation is 1. The molecule has 3 rings (SSSR count). The van der Waals surface area contributed by atoms with Crippen LogP contribution in [0.25, 0.3) is 10.2 Å². The third-order valence-electron chi connectivity index (χ3n) is 3.47. The van der Waals surface area contributed by atoms with Crippen molar-refractivity contribution < 1.29 is 8.42 Å². The first kappa shape index (κ1) is 17.4. The molecular formula is C16H15ClN2O2S3. The number of benzene rings is 1. The molecule has 24 heavy (non-hydrogen) atoms. The Balaban J connectivity index is 2.24. The van der Waals surface area contributed by atoms with Gasteiger partial charge in [-0.05, 0) is 36.2 Å². The average Bonchev–Trinajstić information content (AvgIpc) is 3.12. The molecule has 0 atom stereocenters.